The van der Waals surface area contributed by atoms with Crippen molar-refractivity contribution in [2.75, 3.05) is 23.3 Å². The summed E-state index contributed by atoms with van der Waals surface area (Å²) in [7, 11) is 0. The molecule has 0 unspecified atom stereocenters. The Bertz CT molecular complexity index is 944. The summed E-state index contributed by atoms with van der Waals surface area (Å²) in [4.78, 5) is 19.6. The summed E-state index contributed by atoms with van der Waals surface area (Å²) in [6, 6.07) is 6.22. The first kappa shape index (κ1) is 17.0. The summed E-state index contributed by atoms with van der Waals surface area (Å²) in [6.07, 6.45) is 3.92. The van der Waals surface area contributed by atoms with Gasteiger partial charge < -0.3 is 10.2 Å². The Morgan fingerprint density at radius 1 is 1.31 bits per heavy atom. The van der Waals surface area contributed by atoms with Crippen LogP contribution in [0, 0.1) is 5.82 Å². The number of fused-ring (bicyclic) bond motifs is 1. The molecule has 0 atom stereocenters. The number of piperidine rings is 1. The minimum atomic E-state index is -0.339. The van der Waals surface area contributed by atoms with Gasteiger partial charge in [0.1, 0.15) is 11.5 Å². The van der Waals surface area contributed by atoms with E-state index in [1.165, 1.54) is 29.9 Å². The molecule has 1 fully saturated rings. The van der Waals surface area contributed by atoms with Gasteiger partial charge in [0.25, 0.3) is 0 Å². The maximum absolute atomic E-state index is 13.7. The predicted octanol–water partition coefficient (Wildman–Crippen LogP) is 3.94. The lowest BCUT2D eigenvalue weighted by molar-refractivity contribution is -0.115. The van der Waals surface area contributed by atoms with E-state index in [2.05, 4.69) is 20.3 Å². The lowest BCUT2D eigenvalue weighted by Gasteiger charge is -2.25. The number of hydrogen-bond acceptors (Lipinski definition) is 5. The molecule has 1 aromatic carbocycles. The Morgan fingerprint density at radius 3 is 2.85 bits per heavy atom. The standard InChI is InChI=1S/C18H20FN5OS/c1-2-14(25)20-16-15(12-7-6-8-13(19)11-12)21-17-24(16)22-18(26-17)23-9-4-3-5-10-23/h6-8,11H,2-5,9-10H2,1H3,(H,20,25). The first-order chi connectivity index (χ1) is 12.7. The molecule has 0 spiro atoms. The van der Waals surface area contributed by atoms with Gasteiger partial charge >= 0.3 is 0 Å². The van der Waals surface area contributed by atoms with Gasteiger partial charge in [-0.25, -0.2) is 9.37 Å². The molecule has 2 aromatic heterocycles. The molecule has 1 N–H and O–H groups in total. The number of hydrogen-bond donors (Lipinski definition) is 1. The number of nitrogens with zero attached hydrogens (tertiary/aromatic N) is 4. The van der Waals surface area contributed by atoms with Crippen LogP contribution in [-0.2, 0) is 4.79 Å². The van der Waals surface area contributed by atoms with Crippen molar-refractivity contribution in [1.29, 1.82) is 0 Å². The van der Waals surface area contributed by atoms with E-state index in [9.17, 15) is 9.18 Å². The fourth-order valence-electron chi connectivity index (χ4n) is 3.12. The highest BCUT2D eigenvalue weighted by Gasteiger charge is 2.22. The van der Waals surface area contributed by atoms with E-state index < -0.39 is 0 Å². The lowest BCUT2D eigenvalue weighted by Crippen LogP contribution is -2.29. The number of amides is 1. The molecule has 0 aliphatic carbocycles. The first-order valence-corrected chi connectivity index (χ1v) is 9.67. The molecule has 1 aliphatic heterocycles. The second kappa shape index (κ2) is 7.03. The number of imidazole rings is 1. The maximum atomic E-state index is 13.7. The zero-order valence-electron chi connectivity index (χ0n) is 14.5. The van der Waals surface area contributed by atoms with Crippen LogP contribution in [0.5, 0.6) is 0 Å². The van der Waals surface area contributed by atoms with Crippen LogP contribution in [0.3, 0.4) is 0 Å². The van der Waals surface area contributed by atoms with E-state index in [4.69, 9.17) is 0 Å². The zero-order valence-corrected chi connectivity index (χ0v) is 15.4. The number of carbonyl (C=O) groups is 1. The Hall–Kier alpha value is -2.48. The van der Waals surface area contributed by atoms with Gasteiger partial charge in [-0.05, 0) is 31.4 Å². The van der Waals surface area contributed by atoms with Crippen molar-refractivity contribution in [2.24, 2.45) is 0 Å². The number of halogens is 1. The van der Waals surface area contributed by atoms with Gasteiger partial charge in [0.15, 0.2) is 5.82 Å². The summed E-state index contributed by atoms with van der Waals surface area (Å²) in [5.41, 5.74) is 1.16. The van der Waals surface area contributed by atoms with Crippen LogP contribution in [0.15, 0.2) is 24.3 Å². The Labute approximate surface area is 154 Å². The van der Waals surface area contributed by atoms with Crippen molar-refractivity contribution >= 4 is 33.2 Å². The Kier molecular flexibility index (Phi) is 4.58. The molecule has 4 rings (SSSR count). The third-order valence-corrected chi connectivity index (χ3v) is 5.47. The summed E-state index contributed by atoms with van der Waals surface area (Å²) in [5.74, 6) is 0.0301. The quantitative estimate of drug-likeness (QED) is 0.753. The van der Waals surface area contributed by atoms with Gasteiger partial charge in [0.05, 0.1) is 0 Å². The zero-order chi connectivity index (χ0) is 18.1. The number of aromatic nitrogens is 3. The van der Waals surface area contributed by atoms with Crippen molar-refractivity contribution in [3.8, 4) is 11.3 Å². The molecule has 3 heterocycles. The largest absolute Gasteiger partial charge is 0.347 e. The minimum absolute atomic E-state index is 0.128. The fourth-order valence-corrected chi connectivity index (χ4v) is 4.07. The lowest BCUT2D eigenvalue weighted by atomic mass is 10.1. The highest BCUT2D eigenvalue weighted by Crippen LogP contribution is 2.34. The van der Waals surface area contributed by atoms with Gasteiger partial charge in [0.2, 0.25) is 16.0 Å². The van der Waals surface area contributed by atoms with Crippen LogP contribution in [0.1, 0.15) is 32.6 Å². The fraction of sp³-hybridized carbons (Fsp3) is 0.389. The smallest absolute Gasteiger partial charge is 0.225 e. The topological polar surface area (TPSA) is 62.5 Å². The molecular weight excluding hydrogens is 353 g/mol. The van der Waals surface area contributed by atoms with E-state index in [1.54, 1.807) is 23.6 Å². The van der Waals surface area contributed by atoms with E-state index in [1.807, 2.05) is 0 Å². The van der Waals surface area contributed by atoms with Crippen molar-refractivity contribution in [1.82, 2.24) is 14.6 Å². The van der Waals surface area contributed by atoms with E-state index >= 15 is 0 Å². The van der Waals surface area contributed by atoms with E-state index in [0.717, 1.165) is 31.1 Å². The maximum Gasteiger partial charge on any atom is 0.225 e. The molecule has 3 aromatic rings. The van der Waals surface area contributed by atoms with Crippen molar-refractivity contribution in [3.05, 3.63) is 30.1 Å². The predicted molar refractivity (Wildman–Crippen MR) is 101 cm³/mol. The second-order valence-corrected chi connectivity index (χ2v) is 7.28. The molecule has 0 saturated carbocycles. The summed E-state index contributed by atoms with van der Waals surface area (Å²) < 4.78 is 15.3. The molecule has 1 saturated heterocycles. The van der Waals surface area contributed by atoms with Crippen molar-refractivity contribution < 1.29 is 9.18 Å². The van der Waals surface area contributed by atoms with Gasteiger partial charge in [-0.2, -0.15) is 4.52 Å². The van der Waals surface area contributed by atoms with Crippen LogP contribution in [0.4, 0.5) is 15.3 Å². The van der Waals surface area contributed by atoms with Crippen molar-refractivity contribution in [2.45, 2.75) is 32.6 Å². The summed E-state index contributed by atoms with van der Waals surface area (Å²) in [5, 5.41) is 8.47. The Balaban J connectivity index is 1.79. The third-order valence-electron chi connectivity index (χ3n) is 4.50. The van der Waals surface area contributed by atoms with Crippen LogP contribution in [0.25, 0.3) is 16.2 Å². The number of anilines is 2. The average molecular weight is 373 g/mol. The number of nitrogens with one attached hydrogen (secondary N) is 1. The van der Waals surface area contributed by atoms with Crippen LogP contribution >= 0.6 is 11.3 Å². The van der Waals surface area contributed by atoms with Crippen LogP contribution in [0.2, 0.25) is 0 Å². The normalized spacial score (nSPS) is 14.8. The Morgan fingerprint density at radius 2 is 2.12 bits per heavy atom. The van der Waals surface area contributed by atoms with Crippen LogP contribution < -0.4 is 10.2 Å². The molecular formula is C18H20FN5OS. The van der Waals surface area contributed by atoms with Gasteiger partial charge in [-0.15, -0.1) is 5.10 Å². The van der Waals surface area contributed by atoms with Crippen molar-refractivity contribution in [3.63, 3.8) is 0 Å². The summed E-state index contributed by atoms with van der Waals surface area (Å²) in [6.45, 7) is 3.77. The van der Waals surface area contributed by atoms with Gasteiger partial charge in [0, 0.05) is 25.1 Å². The molecule has 136 valence electrons. The van der Waals surface area contributed by atoms with Crippen LogP contribution in [-0.4, -0.2) is 33.6 Å². The van der Waals surface area contributed by atoms with Gasteiger partial charge in [-0.3, -0.25) is 4.79 Å². The summed E-state index contributed by atoms with van der Waals surface area (Å²) >= 11 is 1.49. The molecule has 26 heavy (non-hydrogen) atoms. The molecule has 8 heteroatoms. The number of rotatable bonds is 4. The molecule has 1 amide bonds. The third kappa shape index (κ3) is 3.16. The molecule has 0 bridgehead atoms. The van der Waals surface area contributed by atoms with E-state index in [0.29, 0.717) is 28.5 Å². The minimum Gasteiger partial charge on any atom is -0.347 e. The first-order valence-electron chi connectivity index (χ1n) is 8.86. The number of benzene rings is 1. The molecule has 1 aliphatic rings. The number of carbonyl (C=O) groups excluding carboxylic acids is 1. The monoisotopic (exact) mass is 373 g/mol. The molecule has 0 radical (unpaired) electrons. The van der Waals surface area contributed by atoms with Gasteiger partial charge in [-0.1, -0.05) is 30.4 Å². The second-order valence-electron chi connectivity index (χ2n) is 6.35. The van der Waals surface area contributed by atoms with E-state index in [-0.39, 0.29) is 11.7 Å². The SMILES string of the molecule is CCC(=O)Nc1c(-c2cccc(F)c2)nc2sc(N3CCCCC3)nn12. The highest BCUT2D eigenvalue weighted by atomic mass is 32.1. The highest BCUT2D eigenvalue weighted by molar-refractivity contribution is 7.20. The molecule has 6 nitrogen and oxygen atoms in total. The average Bonchev–Trinajstić information content (AvgIpc) is 3.22.